The van der Waals surface area contributed by atoms with Gasteiger partial charge in [-0.2, -0.15) is 10.0 Å². The standard InChI is InChI=1S/C9H16N8O5/c1-14-5(10-7(18)16(3)12-21)6(15(2)9(14)20)11-8(19)17(4)13-22/h5-6H,1-4H3,(H,10,18)(H,11,19)/t5-,6+. The highest BCUT2D eigenvalue weighted by Gasteiger charge is 2.44. The van der Waals surface area contributed by atoms with Gasteiger partial charge in [0, 0.05) is 28.2 Å². The van der Waals surface area contributed by atoms with E-state index in [1.165, 1.54) is 14.1 Å². The fourth-order valence-electron chi connectivity index (χ4n) is 1.78. The Kier molecular flexibility index (Phi) is 5.15. The monoisotopic (exact) mass is 316 g/mol. The SMILES string of the molecule is CN(N=O)C(=O)N[C@@H]1[C@H](NC(=O)N(C)N=O)N(C)C(=O)N1C. The normalized spacial score (nSPS) is 20.5. The molecule has 1 fully saturated rings. The highest BCUT2D eigenvalue weighted by atomic mass is 16.3. The summed E-state index contributed by atoms with van der Waals surface area (Å²) >= 11 is 0. The van der Waals surface area contributed by atoms with Gasteiger partial charge in [0.15, 0.2) is 0 Å². The van der Waals surface area contributed by atoms with Crippen LogP contribution in [0.1, 0.15) is 0 Å². The minimum atomic E-state index is -0.974. The van der Waals surface area contributed by atoms with E-state index in [4.69, 9.17) is 0 Å². The molecule has 0 aromatic heterocycles. The summed E-state index contributed by atoms with van der Waals surface area (Å²) in [6.07, 6.45) is -1.95. The molecule has 0 aliphatic carbocycles. The quantitative estimate of drug-likeness (QED) is 0.519. The topological polar surface area (TPSA) is 147 Å². The molecule has 1 aliphatic heterocycles. The number of hydrogen-bond donors (Lipinski definition) is 2. The smallest absolute Gasteiger partial charge is 0.312 e. The van der Waals surface area contributed by atoms with Crippen molar-refractivity contribution in [3.63, 3.8) is 0 Å². The van der Waals surface area contributed by atoms with E-state index in [-0.39, 0.29) is 0 Å². The molecule has 0 radical (unpaired) electrons. The van der Waals surface area contributed by atoms with Crippen molar-refractivity contribution in [3.8, 4) is 0 Å². The average Bonchev–Trinajstić information content (AvgIpc) is 2.70. The third kappa shape index (κ3) is 3.18. The van der Waals surface area contributed by atoms with Gasteiger partial charge < -0.3 is 20.4 Å². The minimum absolute atomic E-state index is 0.487. The van der Waals surface area contributed by atoms with Crippen LogP contribution in [-0.2, 0) is 0 Å². The first-order valence-corrected chi connectivity index (χ1v) is 5.99. The molecule has 0 aromatic rings. The summed E-state index contributed by atoms with van der Waals surface area (Å²) < 4.78 is 0. The highest BCUT2D eigenvalue weighted by Crippen LogP contribution is 2.16. The zero-order valence-electron chi connectivity index (χ0n) is 12.4. The van der Waals surface area contributed by atoms with Crippen LogP contribution in [0.4, 0.5) is 14.4 Å². The lowest BCUT2D eigenvalue weighted by Crippen LogP contribution is -2.58. The van der Waals surface area contributed by atoms with E-state index >= 15 is 0 Å². The van der Waals surface area contributed by atoms with Crippen molar-refractivity contribution < 1.29 is 14.4 Å². The molecule has 2 atom stereocenters. The summed E-state index contributed by atoms with van der Waals surface area (Å²) in [5.41, 5.74) is 0. The Hall–Kier alpha value is -2.99. The zero-order chi connectivity index (χ0) is 17.0. The molecular weight excluding hydrogens is 300 g/mol. The third-order valence-electron chi connectivity index (χ3n) is 3.11. The minimum Gasteiger partial charge on any atom is -0.312 e. The van der Waals surface area contributed by atoms with Gasteiger partial charge in [-0.1, -0.05) is 0 Å². The predicted molar refractivity (Wildman–Crippen MR) is 72.7 cm³/mol. The first kappa shape index (κ1) is 17.1. The van der Waals surface area contributed by atoms with Crippen LogP contribution in [0.5, 0.6) is 0 Å². The number of likely N-dealkylation sites (N-methyl/N-ethyl adjacent to an activating group) is 2. The van der Waals surface area contributed by atoms with Gasteiger partial charge in [-0.05, 0) is 0 Å². The van der Waals surface area contributed by atoms with Gasteiger partial charge >= 0.3 is 18.1 Å². The Labute approximate surface area is 125 Å². The van der Waals surface area contributed by atoms with Crippen molar-refractivity contribution in [1.82, 2.24) is 30.5 Å². The lowest BCUT2D eigenvalue weighted by atomic mass is 10.3. The molecule has 2 N–H and O–H groups in total. The molecule has 13 heteroatoms. The molecule has 0 bridgehead atoms. The van der Waals surface area contributed by atoms with Crippen LogP contribution in [-0.4, -0.2) is 78.4 Å². The molecule has 6 amide bonds. The molecule has 1 saturated heterocycles. The Balaban J connectivity index is 2.92. The Morgan fingerprint density at radius 2 is 1.27 bits per heavy atom. The second-order valence-corrected chi connectivity index (χ2v) is 4.50. The Morgan fingerprint density at radius 1 is 0.955 bits per heavy atom. The van der Waals surface area contributed by atoms with E-state index in [1.807, 2.05) is 0 Å². The van der Waals surface area contributed by atoms with Crippen molar-refractivity contribution in [2.24, 2.45) is 10.6 Å². The van der Waals surface area contributed by atoms with E-state index in [1.54, 1.807) is 0 Å². The van der Waals surface area contributed by atoms with Crippen LogP contribution in [0.15, 0.2) is 10.6 Å². The third-order valence-corrected chi connectivity index (χ3v) is 3.11. The van der Waals surface area contributed by atoms with Gasteiger partial charge in [-0.3, -0.25) is 0 Å². The largest absolute Gasteiger partial charge is 0.341 e. The summed E-state index contributed by atoms with van der Waals surface area (Å²) in [6, 6.07) is -2.22. The van der Waals surface area contributed by atoms with Gasteiger partial charge in [0.2, 0.25) is 0 Å². The highest BCUT2D eigenvalue weighted by molar-refractivity contribution is 5.82. The molecule has 122 valence electrons. The van der Waals surface area contributed by atoms with Crippen molar-refractivity contribution in [3.05, 3.63) is 9.81 Å². The van der Waals surface area contributed by atoms with Crippen LogP contribution in [0.25, 0.3) is 0 Å². The second kappa shape index (κ2) is 6.64. The molecule has 0 spiro atoms. The maximum Gasteiger partial charge on any atom is 0.341 e. The van der Waals surface area contributed by atoms with Crippen molar-refractivity contribution in [2.45, 2.75) is 12.3 Å². The van der Waals surface area contributed by atoms with Crippen molar-refractivity contribution in [2.75, 3.05) is 28.2 Å². The molecule has 1 aliphatic rings. The van der Waals surface area contributed by atoms with Gasteiger partial charge in [0.25, 0.3) is 0 Å². The summed E-state index contributed by atoms with van der Waals surface area (Å²) in [7, 11) is 5.04. The number of urea groups is 3. The molecule has 1 rings (SSSR count). The van der Waals surface area contributed by atoms with Crippen LogP contribution in [0, 0.1) is 9.81 Å². The fourth-order valence-corrected chi connectivity index (χ4v) is 1.78. The van der Waals surface area contributed by atoms with Gasteiger partial charge in [0.05, 0.1) is 10.6 Å². The molecule has 0 aromatic carbocycles. The maximum atomic E-state index is 11.9. The summed E-state index contributed by atoms with van der Waals surface area (Å²) in [4.78, 5) is 58.2. The van der Waals surface area contributed by atoms with Crippen LogP contribution < -0.4 is 10.6 Å². The lowest BCUT2D eigenvalue weighted by Gasteiger charge is -2.27. The number of carbonyl (C=O) groups is 3. The number of nitroso groups, excluding NO2 is 2. The number of rotatable bonds is 4. The molecule has 13 nitrogen and oxygen atoms in total. The van der Waals surface area contributed by atoms with Crippen molar-refractivity contribution in [1.29, 1.82) is 0 Å². The molecular formula is C9H16N8O5. The summed E-state index contributed by atoms with van der Waals surface area (Å²) in [5, 5.41) is 10.6. The number of hydrogen-bond acceptors (Lipinski definition) is 7. The molecule has 0 unspecified atom stereocenters. The van der Waals surface area contributed by atoms with Gasteiger partial charge in [0.1, 0.15) is 12.3 Å². The molecule has 22 heavy (non-hydrogen) atoms. The van der Waals surface area contributed by atoms with Gasteiger partial charge in [-0.25, -0.2) is 14.4 Å². The molecule has 0 saturated carbocycles. The second-order valence-electron chi connectivity index (χ2n) is 4.50. The number of carbonyl (C=O) groups excluding carboxylic acids is 3. The first-order valence-electron chi connectivity index (χ1n) is 5.99. The van der Waals surface area contributed by atoms with E-state index in [2.05, 4.69) is 21.2 Å². The Morgan fingerprint density at radius 3 is 1.55 bits per heavy atom. The number of nitrogens with zero attached hydrogens (tertiary/aromatic N) is 6. The van der Waals surface area contributed by atoms with E-state index in [9.17, 15) is 24.2 Å². The van der Waals surface area contributed by atoms with Crippen LogP contribution in [0.3, 0.4) is 0 Å². The van der Waals surface area contributed by atoms with Crippen LogP contribution in [0.2, 0.25) is 0 Å². The predicted octanol–water partition coefficient (Wildman–Crippen LogP) is -0.719. The summed E-state index contributed by atoms with van der Waals surface area (Å²) in [5.74, 6) is 0. The van der Waals surface area contributed by atoms with Crippen LogP contribution >= 0.6 is 0 Å². The summed E-state index contributed by atoms with van der Waals surface area (Å²) in [6.45, 7) is 0. The number of nitrogens with one attached hydrogen (secondary N) is 2. The molecule has 1 heterocycles. The van der Waals surface area contributed by atoms with E-state index in [0.717, 1.165) is 23.9 Å². The lowest BCUT2D eigenvalue weighted by molar-refractivity contribution is 0.167. The Bertz CT molecular complexity index is 456. The van der Waals surface area contributed by atoms with Crippen molar-refractivity contribution >= 4 is 18.1 Å². The maximum absolute atomic E-state index is 11.9. The zero-order valence-corrected chi connectivity index (χ0v) is 12.4. The van der Waals surface area contributed by atoms with E-state index < -0.39 is 30.4 Å². The first-order chi connectivity index (χ1) is 10.2. The van der Waals surface area contributed by atoms with Gasteiger partial charge in [-0.15, -0.1) is 9.81 Å². The number of amides is 6. The average molecular weight is 316 g/mol. The van der Waals surface area contributed by atoms with E-state index in [0.29, 0.717) is 10.0 Å². The fraction of sp³-hybridized carbons (Fsp3) is 0.667.